The highest BCUT2D eigenvalue weighted by atomic mass is 16.2. The van der Waals surface area contributed by atoms with Crippen molar-refractivity contribution in [2.45, 2.75) is 39.7 Å². The van der Waals surface area contributed by atoms with Gasteiger partial charge in [0.1, 0.15) is 5.52 Å². The molecule has 1 unspecified atom stereocenters. The summed E-state index contributed by atoms with van der Waals surface area (Å²) in [6.07, 6.45) is 5.95. The molecule has 25 heavy (non-hydrogen) atoms. The van der Waals surface area contributed by atoms with E-state index in [0.717, 1.165) is 24.0 Å². The lowest BCUT2D eigenvalue weighted by Crippen LogP contribution is -2.58. The molecule has 0 aliphatic carbocycles. The van der Waals surface area contributed by atoms with Crippen molar-refractivity contribution in [2.24, 2.45) is 17.8 Å². The second-order valence-corrected chi connectivity index (χ2v) is 7.63. The zero-order chi connectivity index (χ0) is 18.0. The van der Waals surface area contributed by atoms with Crippen LogP contribution < -0.4 is 10.6 Å². The minimum atomic E-state index is -0.491. The van der Waals surface area contributed by atoms with Gasteiger partial charge < -0.3 is 10.6 Å². The molecule has 6 nitrogen and oxygen atoms in total. The fraction of sp³-hybridized carbons (Fsp3) is 0.579. The first-order valence-corrected chi connectivity index (χ1v) is 9.02. The minimum Gasteiger partial charge on any atom is -0.345 e. The molecule has 3 heterocycles. The maximum atomic E-state index is 12.9. The SMILES string of the molecule is CC(C)C(C)C(=O)N[C@]1(c2ccnc3nccnc23)CNC[C@@H](C)C1. The Bertz CT molecular complexity index is 757. The van der Waals surface area contributed by atoms with Gasteiger partial charge in [0, 0.05) is 36.6 Å². The van der Waals surface area contributed by atoms with Crippen molar-refractivity contribution in [3.05, 3.63) is 30.2 Å². The van der Waals surface area contributed by atoms with E-state index in [1.165, 1.54) is 0 Å². The van der Waals surface area contributed by atoms with Crippen molar-refractivity contribution >= 4 is 17.1 Å². The number of aromatic nitrogens is 3. The zero-order valence-corrected chi connectivity index (χ0v) is 15.4. The molecule has 2 N–H and O–H groups in total. The Morgan fingerprint density at radius 1 is 1.24 bits per heavy atom. The minimum absolute atomic E-state index is 0.0479. The zero-order valence-electron chi connectivity index (χ0n) is 15.4. The molecule has 1 aliphatic rings. The monoisotopic (exact) mass is 341 g/mol. The summed E-state index contributed by atoms with van der Waals surface area (Å²) >= 11 is 0. The molecular weight excluding hydrogens is 314 g/mol. The van der Waals surface area contributed by atoms with E-state index in [0.29, 0.717) is 24.0 Å². The van der Waals surface area contributed by atoms with Gasteiger partial charge in [-0.05, 0) is 30.9 Å². The normalized spacial score (nSPS) is 25.1. The number of pyridine rings is 1. The fourth-order valence-corrected chi connectivity index (χ4v) is 3.55. The number of nitrogens with zero attached hydrogens (tertiary/aromatic N) is 3. The summed E-state index contributed by atoms with van der Waals surface area (Å²) in [6.45, 7) is 9.97. The van der Waals surface area contributed by atoms with Crippen LogP contribution in [0.3, 0.4) is 0 Å². The number of nitrogens with one attached hydrogen (secondary N) is 2. The average Bonchev–Trinajstić information content (AvgIpc) is 2.60. The summed E-state index contributed by atoms with van der Waals surface area (Å²) in [7, 11) is 0. The highest BCUT2D eigenvalue weighted by Crippen LogP contribution is 2.34. The molecule has 0 spiro atoms. The van der Waals surface area contributed by atoms with E-state index >= 15 is 0 Å². The highest BCUT2D eigenvalue weighted by Gasteiger charge is 2.40. The predicted octanol–water partition coefficient (Wildman–Crippen LogP) is 2.26. The number of carbonyl (C=O) groups excluding carboxylic acids is 1. The van der Waals surface area contributed by atoms with Crippen LogP contribution in [-0.4, -0.2) is 33.9 Å². The summed E-state index contributed by atoms with van der Waals surface area (Å²) in [5, 5.41) is 6.83. The molecule has 2 aromatic heterocycles. The van der Waals surface area contributed by atoms with E-state index < -0.39 is 5.54 Å². The third kappa shape index (κ3) is 3.49. The van der Waals surface area contributed by atoms with Crippen LogP contribution in [0.4, 0.5) is 0 Å². The molecule has 6 heteroatoms. The van der Waals surface area contributed by atoms with Gasteiger partial charge in [0.15, 0.2) is 5.65 Å². The van der Waals surface area contributed by atoms with Crippen LogP contribution in [0.25, 0.3) is 11.2 Å². The van der Waals surface area contributed by atoms with Crippen molar-refractivity contribution in [3.8, 4) is 0 Å². The molecular formula is C19H27N5O. The van der Waals surface area contributed by atoms with Crippen LogP contribution in [0.2, 0.25) is 0 Å². The van der Waals surface area contributed by atoms with E-state index in [1.54, 1.807) is 18.6 Å². The molecule has 1 saturated heterocycles. The topological polar surface area (TPSA) is 79.8 Å². The summed E-state index contributed by atoms with van der Waals surface area (Å²) in [5.74, 6) is 0.774. The third-order valence-corrected chi connectivity index (χ3v) is 5.28. The Morgan fingerprint density at radius 3 is 2.68 bits per heavy atom. The van der Waals surface area contributed by atoms with Crippen molar-refractivity contribution < 1.29 is 4.79 Å². The second-order valence-electron chi connectivity index (χ2n) is 7.63. The smallest absolute Gasteiger partial charge is 0.223 e. The molecule has 3 rings (SSSR count). The Hall–Kier alpha value is -2.08. The molecule has 0 bridgehead atoms. The van der Waals surface area contributed by atoms with Crippen molar-refractivity contribution in [3.63, 3.8) is 0 Å². The summed E-state index contributed by atoms with van der Waals surface area (Å²) in [5.41, 5.74) is 1.88. The van der Waals surface area contributed by atoms with Crippen LogP contribution in [0.15, 0.2) is 24.7 Å². The van der Waals surface area contributed by atoms with Gasteiger partial charge in [-0.2, -0.15) is 0 Å². The number of amides is 1. The molecule has 1 amide bonds. The molecule has 134 valence electrons. The lowest BCUT2D eigenvalue weighted by Gasteiger charge is -2.42. The Balaban J connectivity index is 2.07. The van der Waals surface area contributed by atoms with Gasteiger partial charge in [-0.1, -0.05) is 27.7 Å². The number of piperidine rings is 1. The average molecular weight is 341 g/mol. The molecule has 1 fully saturated rings. The predicted molar refractivity (Wildman–Crippen MR) is 97.8 cm³/mol. The van der Waals surface area contributed by atoms with Crippen LogP contribution in [0.1, 0.15) is 39.7 Å². The summed E-state index contributed by atoms with van der Waals surface area (Å²) in [4.78, 5) is 26.0. The largest absolute Gasteiger partial charge is 0.345 e. The first-order valence-electron chi connectivity index (χ1n) is 9.02. The molecule has 0 radical (unpaired) electrons. The van der Waals surface area contributed by atoms with Gasteiger partial charge in [-0.25, -0.2) is 9.97 Å². The highest BCUT2D eigenvalue weighted by molar-refractivity contribution is 5.81. The van der Waals surface area contributed by atoms with E-state index in [9.17, 15) is 4.79 Å². The van der Waals surface area contributed by atoms with E-state index in [-0.39, 0.29) is 11.8 Å². The summed E-state index contributed by atoms with van der Waals surface area (Å²) < 4.78 is 0. The van der Waals surface area contributed by atoms with Gasteiger partial charge in [-0.15, -0.1) is 0 Å². The second kappa shape index (κ2) is 7.04. The first-order chi connectivity index (χ1) is 11.9. The van der Waals surface area contributed by atoms with Gasteiger partial charge in [0.05, 0.1) is 5.54 Å². The molecule has 3 atom stereocenters. The number of rotatable bonds is 4. The Morgan fingerprint density at radius 2 is 1.96 bits per heavy atom. The van der Waals surface area contributed by atoms with Gasteiger partial charge in [0.2, 0.25) is 5.91 Å². The maximum Gasteiger partial charge on any atom is 0.223 e. The van der Waals surface area contributed by atoms with Gasteiger partial charge in [-0.3, -0.25) is 9.78 Å². The molecule has 0 saturated carbocycles. The Labute approximate surface area is 148 Å². The number of fused-ring (bicyclic) bond motifs is 1. The lowest BCUT2D eigenvalue weighted by atomic mass is 9.78. The molecule has 0 aromatic carbocycles. The number of hydrogen-bond donors (Lipinski definition) is 2. The number of carbonyl (C=O) groups is 1. The maximum absolute atomic E-state index is 12.9. The van der Waals surface area contributed by atoms with Crippen LogP contribution in [0, 0.1) is 17.8 Å². The van der Waals surface area contributed by atoms with E-state index in [2.05, 4.69) is 46.4 Å². The van der Waals surface area contributed by atoms with Crippen molar-refractivity contribution in [1.29, 1.82) is 0 Å². The van der Waals surface area contributed by atoms with Crippen molar-refractivity contribution in [1.82, 2.24) is 25.6 Å². The Kier molecular flexibility index (Phi) is 4.99. The quantitative estimate of drug-likeness (QED) is 0.892. The fourth-order valence-electron chi connectivity index (χ4n) is 3.55. The first kappa shape index (κ1) is 17.7. The standard InChI is InChI=1S/C19H27N5O/c1-12(2)14(4)18(25)24-19(9-13(3)10-20-11-19)15-5-6-22-17-16(15)21-7-8-23-17/h5-8,12-14,20H,9-11H2,1-4H3,(H,24,25)/t13-,14?,19-/m0/s1. The van der Waals surface area contributed by atoms with E-state index in [1.807, 2.05) is 13.0 Å². The molecule has 1 aliphatic heterocycles. The van der Waals surface area contributed by atoms with Crippen LogP contribution in [0.5, 0.6) is 0 Å². The van der Waals surface area contributed by atoms with Crippen LogP contribution in [-0.2, 0) is 10.3 Å². The van der Waals surface area contributed by atoms with Gasteiger partial charge in [0.25, 0.3) is 0 Å². The van der Waals surface area contributed by atoms with Gasteiger partial charge >= 0.3 is 0 Å². The van der Waals surface area contributed by atoms with E-state index in [4.69, 9.17) is 0 Å². The third-order valence-electron chi connectivity index (χ3n) is 5.28. The van der Waals surface area contributed by atoms with Crippen molar-refractivity contribution in [2.75, 3.05) is 13.1 Å². The summed E-state index contributed by atoms with van der Waals surface area (Å²) in [6, 6.07) is 1.97. The lowest BCUT2D eigenvalue weighted by molar-refractivity contribution is -0.128. The molecule has 2 aromatic rings. The number of hydrogen-bond acceptors (Lipinski definition) is 5. The van der Waals surface area contributed by atoms with Crippen LogP contribution >= 0.6 is 0 Å².